The third kappa shape index (κ3) is 3.94. The zero-order valence-electron chi connectivity index (χ0n) is 29.4. The lowest BCUT2D eigenvalue weighted by Crippen LogP contribution is -2.39. The molecule has 3 aromatic rings. The molecule has 238 valence electrons. The highest BCUT2D eigenvalue weighted by Gasteiger charge is 2.52. The topological polar surface area (TPSA) is 69.8 Å². The Balaban J connectivity index is 1.61. The highest BCUT2D eigenvalue weighted by molar-refractivity contribution is 6.12. The predicted octanol–water partition coefficient (Wildman–Crippen LogP) is 8.58. The van der Waals surface area contributed by atoms with Crippen molar-refractivity contribution in [2.75, 3.05) is 0 Å². The van der Waals surface area contributed by atoms with E-state index in [1.165, 1.54) is 0 Å². The molecule has 0 radical (unpaired) electrons. The van der Waals surface area contributed by atoms with Crippen LogP contribution in [0.15, 0.2) is 83.5 Å². The summed E-state index contributed by atoms with van der Waals surface area (Å²) in [6.45, 7) is 25.4. The zero-order valence-corrected chi connectivity index (χ0v) is 29.4. The monoisotopic (exact) mass is 614 g/mol. The standard InChI is InChI=1S/C40H46N4O2/c1-35(2,3)27-19-39(20-28(31(27)45)36(4,5)6)25-18-26-24(17-23(25)33-41-13-15-43(33)39)34-42-14-16-44(34)40(26)21-29(37(7,8)9)32(46)30(22-40)38(10,11)12/h13-22H,1-12H3. The lowest BCUT2D eigenvalue weighted by Gasteiger charge is -2.40. The molecule has 4 heterocycles. The van der Waals surface area contributed by atoms with Crippen LogP contribution in [0.1, 0.15) is 94.2 Å². The molecule has 0 fully saturated rings. The molecular formula is C40H46N4O2. The summed E-state index contributed by atoms with van der Waals surface area (Å²) >= 11 is 0. The second-order valence-electron chi connectivity index (χ2n) is 17.7. The van der Waals surface area contributed by atoms with Crippen LogP contribution in [0.4, 0.5) is 0 Å². The number of Topliss-reactive ketones (excluding diaryl/α,β-unsaturated/α-hetero) is 2. The first-order chi connectivity index (χ1) is 21.1. The van der Waals surface area contributed by atoms with Crippen molar-refractivity contribution in [1.29, 1.82) is 0 Å². The van der Waals surface area contributed by atoms with Gasteiger partial charge in [-0.05, 0) is 69.2 Å². The fourth-order valence-corrected chi connectivity index (χ4v) is 7.83. The van der Waals surface area contributed by atoms with Crippen molar-refractivity contribution >= 4 is 11.6 Å². The Kier molecular flexibility index (Phi) is 5.88. The highest BCUT2D eigenvalue weighted by Crippen LogP contribution is 2.57. The van der Waals surface area contributed by atoms with Gasteiger partial charge in [0.05, 0.1) is 0 Å². The van der Waals surface area contributed by atoms with Crippen molar-refractivity contribution in [3.63, 3.8) is 0 Å². The van der Waals surface area contributed by atoms with Crippen molar-refractivity contribution in [3.05, 3.63) is 94.6 Å². The van der Waals surface area contributed by atoms with E-state index >= 15 is 0 Å². The maximum Gasteiger partial charge on any atom is 0.185 e. The molecule has 6 heteroatoms. The minimum absolute atomic E-state index is 0.111. The van der Waals surface area contributed by atoms with E-state index in [-0.39, 0.29) is 33.2 Å². The SMILES string of the molecule is CC(C)(C)C1=CC2(C=C(C(C)(C)C)C1=O)c1cc3c(cc1-c1nccn12)-c1nccn1C31C=C(C(C)(C)C)C(=O)C(C(C)(C)C)=C1. The number of aromatic nitrogens is 4. The molecule has 0 saturated heterocycles. The van der Waals surface area contributed by atoms with Crippen LogP contribution in [0.3, 0.4) is 0 Å². The largest absolute Gasteiger partial charge is 0.314 e. The molecule has 0 amide bonds. The van der Waals surface area contributed by atoms with Crippen molar-refractivity contribution in [3.8, 4) is 22.8 Å². The van der Waals surface area contributed by atoms with Crippen LogP contribution in [0.25, 0.3) is 22.8 Å². The molecule has 2 spiro atoms. The molecule has 7 rings (SSSR count). The molecule has 46 heavy (non-hydrogen) atoms. The highest BCUT2D eigenvalue weighted by atomic mass is 16.1. The Hall–Kier alpha value is -4.06. The second kappa shape index (κ2) is 8.84. The first kappa shape index (κ1) is 30.6. The first-order valence-corrected chi connectivity index (χ1v) is 16.4. The number of allylic oxidation sites excluding steroid dienone is 8. The summed E-state index contributed by atoms with van der Waals surface area (Å²) in [5.74, 6) is 1.96. The van der Waals surface area contributed by atoms with Crippen LogP contribution >= 0.6 is 0 Å². The van der Waals surface area contributed by atoms with Crippen LogP contribution in [-0.2, 0) is 20.7 Å². The van der Waals surface area contributed by atoms with Gasteiger partial charge >= 0.3 is 0 Å². The molecule has 0 N–H and O–H groups in total. The second-order valence-corrected chi connectivity index (χ2v) is 17.7. The molecule has 4 aliphatic rings. The number of ketones is 2. The Morgan fingerprint density at radius 1 is 0.500 bits per heavy atom. The summed E-state index contributed by atoms with van der Waals surface area (Å²) in [4.78, 5) is 38.0. The van der Waals surface area contributed by atoms with Gasteiger partial charge in [0.1, 0.15) is 22.7 Å². The number of hydrogen-bond donors (Lipinski definition) is 0. The molecule has 2 aliphatic carbocycles. The predicted molar refractivity (Wildman–Crippen MR) is 183 cm³/mol. The molecule has 2 aliphatic heterocycles. The van der Waals surface area contributed by atoms with E-state index in [4.69, 9.17) is 9.97 Å². The minimum atomic E-state index is -0.737. The summed E-state index contributed by atoms with van der Waals surface area (Å²) in [5, 5.41) is 0. The van der Waals surface area contributed by atoms with Gasteiger partial charge in [-0.1, -0.05) is 83.1 Å². The van der Waals surface area contributed by atoms with Crippen LogP contribution in [0, 0.1) is 21.7 Å². The van der Waals surface area contributed by atoms with Gasteiger partial charge in [0, 0.05) is 58.2 Å². The average Bonchev–Trinajstić information content (AvgIpc) is 3.68. The van der Waals surface area contributed by atoms with Gasteiger partial charge in [-0.15, -0.1) is 0 Å². The van der Waals surface area contributed by atoms with Crippen LogP contribution < -0.4 is 0 Å². The van der Waals surface area contributed by atoms with E-state index in [1.54, 1.807) is 0 Å². The van der Waals surface area contributed by atoms with E-state index in [1.807, 2.05) is 24.8 Å². The van der Waals surface area contributed by atoms with E-state index in [2.05, 4.69) is 129 Å². The quantitative estimate of drug-likeness (QED) is 0.254. The molecule has 0 atom stereocenters. The Morgan fingerprint density at radius 2 is 0.804 bits per heavy atom. The maximum absolute atomic E-state index is 14.1. The normalized spacial score (nSPS) is 19.8. The van der Waals surface area contributed by atoms with Gasteiger partial charge in [0.15, 0.2) is 11.6 Å². The first-order valence-electron chi connectivity index (χ1n) is 16.4. The minimum Gasteiger partial charge on any atom is -0.314 e. The van der Waals surface area contributed by atoms with Gasteiger partial charge in [-0.2, -0.15) is 0 Å². The summed E-state index contributed by atoms with van der Waals surface area (Å²) in [7, 11) is 0. The summed E-state index contributed by atoms with van der Waals surface area (Å²) in [5.41, 5.74) is 4.54. The molecule has 1 aromatic carbocycles. The van der Waals surface area contributed by atoms with Crippen molar-refractivity contribution in [1.82, 2.24) is 19.1 Å². The number of carbonyl (C=O) groups is 2. The van der Waals surface area contributed by atoms with E-state index < -0.39 is 11.1 Å². The third-order valence-electron chi connectivity index (χ3n) is 10.2. The number of hydrogen-bond acceptors (Lipinski definition) is 4. The number of carbonyl (C=O) groups excluding carboxylic acids is 2. The fraction of sp³-hybridized carbons (Fsp3) is 0.450. The van der Waals surface area contributed by atoms with Crippen molar-refractivity contribution < 1.29 is 9.59 Å². The summed E-state index contributed by atoms with van der Waals surface area (Å²) < 4.78 is 4.46. The van der Waals surface area contributed by atoms with E-state index in [0.717, 1.165) is 56.2 Å². The number of benzene rings is 1. The number of fused-ring (bicyclic) bond motifs is 10. The van der Waals surface area contributed by atoms with Crippen LogP contribution in [-0.4, -0.2) is 30.7 Å². The van der Waals surface area contributed by atoms with Crippen molar-refractivity contribution in [2.24, 2.45) is 21.7 Å². The summed E-state index contributed by atoms with van der Waals surface area (Å²) in [6, 6.07) is 4.56. The van der Waals surface area contributed by atoms with Crippen LogP contribution in [0.2, 0.25) is 0 Å². The number of rotatable bonds is 0. The maximum atomic E-state index is 14.1. The lowest BCUT2D eigenvalue weighted by molar-refractivity contribution is -0.115. The zero-order chi connectivity index (χ0) is 33.6. The molecule has 0 saturated carbocycles. The molecule has 0 bridgehead atoms. The van der Waals surface area contributed by atoms with Crippen LogP contribution in [0.5, 0.6) is 0 Å². The molecule has 6 nitrogen and oxygen atoms in total. The fourth-order valence-electron chi connectivity index (χ4n) is 7.83. The van der Waals surface area contributed by atoms with Gasteiger partial charge in [0.25, 0.3) is 0 Å². The third-order valence-corrected chi connectivity index (χ3v) is 10.2. The summed E-state index contributed by atoms with van der Waals surface area (Å²) in [6.07, 6.45) is 16.5. The van der Waals surface area contributed by atoms with Gasteiger partial charge < -0.3 is 9.13 Å². The van der Waals surface area contributed by atoms with Crippen molar-refractivity contribution in [2.45, 2.75) is 94.2 Å². The molecule has 2 aromatic heterocycles. The van der Waals surface area contributed by atoms with Gasteiger partial charge in [-0.25, -0.2) is 9.97 Å². The van der Waals surface area contributed by atoms with Gasteiger partial charge in [-0.3, -0.25) is 9.59 Å². The average molecular weight is 615 g/mol. The number of imidazole rings is 2. The molecule has 0 unspecified atom stereocenters. The van der Waals surface area contributed by atoms with E-state index in [0.29, 0.717) is 0 Å². The Morgan fingerprint density at radius 3 is 1.09 bits per heavy atom. The molecular weight excluding hydrogens is 568 g/mol. The lowest BCUT2D eigenvalue weighted by atomic mass is 9.66. The Labute approximate surface area is 273 Å². The van der Waals surface area contributed by atoms with Gasteiger partial charge in [0.2, 0.25) is 0 Å². The Bertz CT molecular complexity index is 1800. The van der Waals surface area contributed by atoms with E-state index in [9.17, 15) is 9.59 Å². The number of nitrogens with zero attached hydrogens (tertiary/aromatic N) is 4. The smallest absolute Gasteiger partial charge is 0.185 e.